The number of rotatable bonds is 3. The SMILES string of the molecule is CCCC1CCN(C(=O)c2cc(N)cc(Cl)c2)CC1. The normalized spacial score (nSPS) is 16.6. The molecule has 0 bridgehead atoms. The zero-order chi connectivity index (χ0) is 13.8. The molecule has 104 valence electrons. The van der Waals surface area contributed by atoms with Crippen molar-refractivity contribution >= 4 is 23.2 Å². The van der Waals surface area contributed by atoms with E-state index in [0.717, 1.165) is 31.8 Å². The number of nitrogens with two attached hydrogens (primary N) is 1. The van der Waals surface area contributed by atoms with E-state index in [1.165, 1.54) is 12.8 Å². The van der Waals surface area contributed by atoms with Gasteiger partial charge in [-0.05, 0) is 37.0 Å². The minimum Gasteiger partial charge on any atom is -0.399 e. The zero-order valence-electron chi connectivity index (χ0n) is 11.4. The summed E-state index contributed by atoms with van der Waals surface area (Å²) in [4.78, 5) is 14.3. The highest BCUT2D eigenvalue weighted by Gasteiger charge is 2.23. The van der Waals surface area contributed by atoms with Gasteiger partial charge in [0.2, 0.25) is 0 Å². The molecule has 1 aliphatic rings. The molecule has 0 aromatic heterocycles. The number of hydrogen-bond donors (Lipinski definition) is 1. The molecule has 1 aliphatic heterocycles. The number of hydrogen-bond acceptors (Lipinski definition) is 2. The van der Waals surface area contributed by atoms with Crippen molar-refractivity contribution in [3.8, 4) is 0 Å². The lowest BCUT2D eigenvalue weighted by molar-refractivity contribution is 0.0686. The maximum atomic E-state index is 12.4. The average Bonchev–Trinajstić information content (AvgIpc) is 2.38. The van der Waals surface area contributed by atoms with Crippen LogP contribution in [-0.4, -0.2) is 23.9 Å². The molecule has 19 heavy (non-hydrogen) atoms. The number of carbonyl (C=O) groups excluding carboxylic acids is 1. The minimum absolute atomic E-state index is 0.0455. The molecule has 0 unspecified atom stereocenters. The number of amides is 1. The third-order valence-electron chi connectivity index (χ3n) is 3.77. The van der Waals surface area contributed by atoms with Gasteiger partial charge in [-0.25, -0.2) is 0 Å². The molecule has 0 aliphatic carbocycles. The number of carbonyl (C=O) groups is 1. The predicted octanol–water partition coefficient (Wildman–Crippen LogP) is 3.57. The first kappa shape index (κ1) is 14.2. The summed E-state index contributed by atoms with van der Waals surface area (Å²) >= 11 is 5.95. The standard InChI is InChI=1S/C15H21ClN2O/c1-2-3-11-4-6-18(7-5-11)15(19)12-8-13(16)10-14(17)9-12/h8-11H,2-7,17H2,1H3. The largest absolute Gasteiger partial charge is 0.399 e. The van der Waals surface area contributed by atoms with Crippen molar-refractivity contribution in [3.05, 3.63) is 28.8 Å². The molecule has 1 amide bonds. The fourth-order valence-electron chi connectivity index (χ4n) is 2.75. The Labute approximate surface area is 119 Å². The topological polar surface area (TPSA) is 46.3 Å². The Morgan fingerprint density at radius 3 is 2.63 bits per heavy atom. The number of likely N-dealkylation sites (tertiary alicyclic amines) is 1. The van der Waals surface area contributed by atoms with Crippen LogP contribution in [-0.2, 0) is 0 Å². The van der Waals surface area contributed by atoms with E-state index in [9.17, 15) is 4.79 Å². The van der Waals surface area contributed by atoms with Crippen molar-refractivity contribution in [1.29, 1.82) is 0 Å². The van der Waals surface area contributed by atoms with Gasteiger partial charge in [0.25, 0.3) is 5.91 Å². The summed E-state index contributed by atoms with van der Waals surface area (Å²) in [5.41, 5.74) is 6.87. The lowest BCUT2D eigenvalue weighted by Crippen LogP contribution is -2.38. The number of piperidine rings is 1. The lowest BCUT2D eigenvalue weighted by Gasteiger charge is -2.32. The van der Waals surface area contributed by atoms with Crippen molar-refractivity contribution in [2.75, 3.05) is 18.8 Å². The molecule has 2 N–H and O–H groups in total. The Hall–Kier alpha value is -1.22. The summed E-state index contributed by atoms with van der Waals surface area (Å²) in [6.07, 6.45) is 4.71. The molecule has 1 aromatic carbocycles. The third kappa shape index (κ3) is 3.63. The third-order valence-corrected chi connectivity index (χ3v) is 3.98. The molecular formula is C15H21ClN2O. The van der Waals surface area contributed by atoms with Gasteiger partial charge in [0.15, 0.2) is 0 Å². The summed E-state index contributed by atoms with van der Waals surface area (Å²) in [6.45, 7) is 3.90. The van der Waals surface area contributed by atoms with Crippen LogP contribution < -0.4 is 5.73 Å². The number of nitrogen functional groups attached to an aromatic ring is 1. The van der Waals surface area contributed by atoms with E-state index < -0.39 is 0 Å². The van der Waals surface area contributed by atoms with Crippen LogP contribution in [0.15, 0.2) is 18.2 Å². The Morgan fingerprint density at radius 1 is 1.37 bits per heavy atom. The van der Waals surface area contributed by atoms with Gasteiger partial charge in [0, 0.05) is 29.4 Å². The number of anilines is 1. The second-order valence-corrected chi connectivity index (χ2v) is 5.73. The van der Waals surface area contributed by atoms with Gasteiger partial charge in [0.1, 0.15) is 0 Å². The molecule has 0 spiro atoms. The second-order valence-electron chi connectivity index (χ2n) is 5.30. The highest BCUT2D eigenvalue weighted by molar-refractivity contribution is 6.31. The van der Waals surface area contributed by atoms with E-state index in [0.29, 0.717) is 16.3 Å². The van der Waals surface area contributed by atoms with Crippen LogP contribution in [0.4, 0.5) is 5.69 Å². The van der Waals surface area contributed by atoms with E-state index in [1.807, 2.05) is 4.90 Å². The minimum atomic E-state index is 0.0455. The van der Waals surface area contributed by atoms with Gasteiger partial charge in [-0.1, -0.05) is 31.4 Å². The second kappa shape index (κ2) is 6.29. The first-order valence-electron chi connectivity index (χ1n) is 6.95. The maximum Gasteiger partial charge on any atom is 0.253 e. The fraction of sp³-hybridized carbons (Fsp3) is 0.533. The van der Waals surface area contributed by atoms with Crippen LogP contribution >= 0.6 is 11.6 Å². The van der Waals surface area contributed by atoms with Gasteiger partial charge in [-0.2, -0.15) is 0 Å². The monoisotopic (exact) mass is 280 g/mol. The van der Waals surface area contributed by atoms with Gasteiger partial charge in [0.05, 0.1) is 0 Å². The Bertz CT molecular complexity index is 433. The Morgan fingerprint density at radius 2 is 2.05 bits per heavy atom. The maximum absolute atomic E-state index is 12.4. The summed E-state index contributed by atoms with van der Waals surface area (Å²) < 4.78 is 0. The van der Waals surface area contributed by atoms with E-state index in [4.69, 9.17) is 17.3 Å². The highest BCUT2D eigenvalue weighted by Crippen LogP contribution is 2.24. The van der Waals surface area contributed by atoms with Crippen LogP contribution in [0.3, 0.4) is 0 Å². The van der Waals surface area contributed by atoms with Crippen molar-refractivity contribution in [3.63, 3.8) is 0 Å². The predicted molar refractivity (Wildman–Crippen MR) is 79.4 cm³/mol. The first-order valence-corrected chi connectivity index (χ1v) is 7.33. The van der Waals surface area contributed by atoms with Gasteiger partial charge < -0.3 is 10.6 Å². The van der Waals surface area contributed by atoms with Crippen LogP contribution in [0.2, 0.25) is 5.02 Å². The molecule has 2 rings (SSSR count). The summed E-state index contributed by atoms with van der Waals surface area (Å²) in [7, 11) is 0. The van der Waals surface area contributed by atoms with Gasteiger partial charge in [-0.15, -0.1) is 0 Å². The van der Waals surface area contributed by atoms with Gasteiger partial charge in [-0.3, -0.25) is 4.79 Å². The van der Waals surface area contributed by atoms with Crippen LogP contribution in [0.1, 0.15) is 43.0 Å². The van der Waals surface area contributed by atoms with Crippen LogP contribution in [0, 0.1) is 5.92 Å². The highest BCUT2D eigenvalue weighted by atomic mass is 35.5. The Balaban J connectivity index is 2.01. The molecule has 0 atom stereocenters. The van der Waals surface area contributed by atoms with E-state index in [1.54, 1.807) is 18.2 Å². The molecule has 0 radical (unpaired) electrons. The van der Waals surface area contributed by atoms with Crippen molar-refractivity contribution < 1.29 is 4.79 Å². The molecule has 0 saturated carbocycles. The zero-order valence-corrected chi connectivity index (χ0v) is 12.1. The van der Waals surface area contributed by atoms with Crippen molar-refractivity contribution in [1.82, 2.24) is 4.90 Å². The van der Waals surface area contributed by atoms with E-state index in [-0.39, 0.29) is 5.91 Å². The molecular weight excluding hydrogens is 260 g/mol. The molecule has 1 saturated heterocycles. The first-order chi connectivity index (χ1) is 9.10. The smallest absolute Gasteiger partial charge is 0.253 e. The Kier molecular flexibility index (Phi) is 4.70. The molecule has 1 aromatic rings. The number of halogens is 1. The number of benzene rings is 1. The van der Waals surface area contributed by atoms with Crippen molar-refractivity contribution in [2.45, 2.75) is 32.6 Å². The fourth-order valence-corrected chi connectivity index (χ4v) is 2.99. The summed E-state index contributed by atoms with van der Waals surface area (Å²) in [5, 5.41) is 0.518. The summed E-state index contributed by atoms with van der Waals surface area (Å²) in [6, 6.07) is 5.05. The van der Waals surface area contributed by atoms with E-state index in [2.05, 4.69) is 6.92 Å². The molecule has 3 nitrogen and oxygen atoms in total. The van der Waals surface area contributed by atoms with Crippen LogP contribution in [0.5, 0.6) is 0 Å². The molecule has 1 fully saturated rings. The lowest BCUT2D eigenvalue weighted by atomic mass is 9.92. The molecule has 1 heterocycles. The van der Waals surface area contributed by atoms with E-state index >= 15 is 0 Å². The molecule has 4 heteroatoms. The summed E-state index contributed by atoms with van der Waals surface area (Å²) in [5.74, 6) is 0.822. The quantitative estimate of drug-likeness (QED) is 0.860. The average molecular weight is 281 g/mol. The number of nitrogens with zero attached hydrogens (tertiary/aromatic N) is 1. The van der Waals surface area contributed by atoms with Crippen LogP contribution in [0.25, 0.3) is 0 Å². The van der Waals surface area contributed by atoms with Crippen molar-refractivity contribution in [2.24, 2.45) is 5.92 Å². The van der Waals surface area contributed by atoms with Gasteiger partial charge >= 0.3 is 0 Å².